The molecule has 2 aliphatic heterocycles. The zero-order valence-corrected chi connectivity index (χ0v) is 24.7. The first-order valence-corrected chi connectivity index (χ1v) is 14.5. The Morgan fingerprint density at radius 2 is 1.57 bits per heavy atom. The second-order valence-electron chi connectivity index (χ2n) is 11.0. The monoisotopic (exact) mass is 618 g/mol. The fraction of sp³-hybridized carbons (Fsp3) is 0.258. The van der Waals surface area contributed by atoms with Crippen LogP contribution in [0.4, 0.5) is 4.79 Å². The molecule has 2 saturated heterocycles. The van der Waals surface area contributed by atoms with Gasteiger partial charge in [0.05, 0.1) is 0 Å². The van der Waals surface area contributed by atoms with Gasteiger partial charge in [-0.15, -0.1) is 11.8 Å². The molecule has 3 aromatic carbocycles. The topological polar surface area (TPSA) is 177 Å². The first kappa shape index (κ1) is 30.4. The second kappa shape index (κ2) is 11.6. The number of benzene rings is 3. The van der Waals surface area contributed by atoms with Crippen LogP contribution in [0, 0.1) is 0 Å². The van der Waals surface area contributed by atoms with Gasteiger partial charge in [0.1, 0.15) is 23.5 Å². The van der Waals surface area contributed by atoms with Gasteiger partial charge in [0.15, 0.2) is 11.5 Å². The molecule has 2 fully saturated rings. The summed E-state index contributed by atoms with van der Waals surface area (Å²) in [7, 11) is 1.24. The van der Waals surface area contributed by atoms with E-state index >= 15 is 0 Å². The van der Waals surface area contributed by atoms with Crippen LogP contribution in [-0.4, -0.2) is 84.1 Å². The van der Waals surface area contributed by atoms with Crippen molar-refractivity contribution in [1.29, 1.82) is 0 Å². The number of carboxylic acids is 1. The number of carboxylic acid groups (broad SMARTS) is 1. The number of β-lactam (4-membered cyclic amide) rings is 1. The molecule has 0 radical (unpaired) electrons. The van der Waals surface area contributed by atoms with Gasteiger partial charge in [-0.1, -0.05) is 48.5 Å². The Morgan fingerprint density at radius 3 is 2.18 bits per heavy atom. The van der Waals surface area contributed by atoms with Gasteiger partial charge in [-0.25, -0.2) is 9.59 Å². The molecule has 0 unspecified atom stereocenters. The van der Waals surface area contributed by atoms with Crippen molar-refractivity contribution in [3.8, 4) is 22.6 Å². The van der Waals surface area contributed by atoms with Crippen LogP contribution in [0.25, 0.3) is 11.1 Å². The van der Waals surface area contributed by atoms with E-state index in [2.05, 4.69) is 10.6 Å². The lowest BCUT2D eigenvalue weighted by molar-refractivity contribution is -0.161. The van der Waals surface area contributed by atoms with Crippen molar-refractivity contribution in [2.75, 3.05) is 7.05 Å². The number of urea groups is 1. The molecule has 12 nitrogen and oxygen atoms in total. The van der Waals surface area contributed by atoms with Crippen LogP contribution in [0.5, 0.6) is 11.5 Å². The first-order chi connectivity index (χ1) is 20.8. The SMILES string of the molecule is CN(C(=O)N[C@@H](C(=O)N[C@@H]1C(=O)N2[C@@H]1SC(C)(C)[C@@H]2C(=O)O)c1ccc(O)c(O)c1)C(=O)c1ccc(-c2ccccc2)cc1. The van der Waals surface area contributed by atoms with Crippen LogP contribution in [0.3, 0.4) is 0 Å². The molecule has 0 aliphatic carbocycles. The average Bonchev–Trinajstić information content (AvgIpc) is 3.27. The summed E-state index contributed by atoms with van der Waals surface area (Å²) < 4.78 is -0.815. The summed E-state index contributed by atoms with van der Waals surface area (Å²) in [5, 5.41) is 33.9. The predicted molar refractivity (Wildman–Crippen MR) is 161 cm³/mol. The lowest BCUT2D eigenvalue weighted by Crippen LogP contribution is -2.71. The van der Waals surface area contributed by atoms with Crippen molar-refractivity contribution in [3.05, 3.63) is 83.9 Å². The van der Waals surface area contributed by atoms with Gasteiger partial charge in [0.25, 0.3) is 5.91 Å². The summed E-state index contributed by atoms with van der Waals surface area (Å²) in [4.78, 5) is 66.8. The maximum atomic E-state index is 13.6. The summed E-state index contributed by atoms with van der Waals surface area (Å²) in [5.41, 5.74) is 2.11. The van der Waals surface area contributed by atoms with Gasteiger partial charge in [-0.3, -0.25) is 19.3 Å². The molecular formula is C31H30N4O8S. The first-order valence-electron chi connectivity index (χ1n) is 13.6. The van der Waals surface area contributed by atoms with E-state index in [9.17, 15) is 39.3 Å². The minimum absolute atomic E-state index is 0.0608. The maximum absolute atomic E-state index is 13.6. The number of imide groups is 1. The number of fused-ring (bicyclic) bond motifs is 1. The molecule has 5 N–H and O–H groups in total. The third-order valence-corrected chi connectivity index (χ3v) is 9.26. The highest BCUT2D eigenvalue weighted by molar-refractivity contribution is 8.01. The summed E-state index contributed by atoms with van der Waals surface area (Å²) in [6.07, 6.45) is 0. The van der Waals surface area contributed by atoms with E-state index in [1.807, 2.05) is 30.3 Å². The minimum Gasteiger partial charge on any atom is -0.504 e. The van der Waals surface area contributed by atoms with Gasteiger partial charge in [-0.2, -0.15) is 0 Å². The van der Waals surface area contributed by atoms with Crippen LogP contribution in [0.1, 0.15) is 35.8 Å². The van der Waals surface area contributed by atoms with Crippen molar-refractivity contribution >= 4 is 41.5 Å². The number of phenols is 2. The molecule has 0 bridgehead atoms. The fourth-order valence-corrected chi connectivity index (χ4v) is 6.97. The van der Waals surface area contributed by atoms with E-state index in [4.69, 9.17) is 0 Å². The number of rotatable bonds is 7. The Labute approximate surface area is 256 Å². The summed E-state index contributed by atoms with van der Waals surface area (Å²) in [6, 6.07) is 15.1. The normalized spacial score (nSPS) is 20.6. The number of amides is 5. The number of carbonyl (C=O) groups is 5. The van der Waals surface area contributed by atoms with Crippen molar-refractivity contribution < 1.29 is 39.3 Å². The van der Waals surface area contributed by atoms with E-state index in [0.717, 1.165) is 28.2 Å². The molecule has 0 spiro atoms. The van der Waals surface area contributed by atoms with E-state index < -0.39 is 69.5 Å². The number of carbonyl (C=O) groups excluding carboxylic acids is 4. The second-order valence-corrected chi connectivity index (χ2v) is 12.8. The summed E-state index contributed by atoms with van der Waals surface area (Å²) in [6.45, 7) is 3.40. The Balaban J connectivity index is 1.33. The predicted octanol–water partition coefficient (Wildman–Crippen LogP) is 2.92. The highest BCUT2D eigenvalue weighted by atomic mass is 32.2. The Bertz CT molecular complexity index is 1650. The van der Waals surface area contributed by atoms with Gasteiger partial charge in [-0.05, 0) is 54.8 Å². The molecule has 2 aliphatic rings. The molecule has 0 saturated carbocycles. The van der Waals surface area contributed by atoms with Crippen LogP contribution in [0.2, 0.25) is 0 Å². The van der Waals surface area contributed by atoms with Crippen molar-refractivity contribution in [1.82, 2.24) is 20.4 Å². The Morgan fingerprint density at radius 1 is 0.932 bits per heavy atom. The molecule has 13 heteroatoms. The van der Waals surface area contributed by atoms with Gasteiger partial charge in [0.2, 0.25) is 11.8 Å². The molecular weight excluding hydrogens is 588 g/mol. The smallest absolute Gasteiger partial charge is 0.327 e. The molecule has 228 valence electrons. The van der Waals surface area contributed by atoms with E-state index in [-0.39, 0.29) is 11.1 Å². The third kappa shape index (κ3) is 5.53. The largest absolute Gasteiger partial charge is 0.504 e. The number of phenolic OH excluding ortho intramolecular Hbond substituents is 2. The minimum atomic E-state index is -1.50. The van der Waals surface area contributed by atoms with Gasteiger partial charge < -0.3 is 30.9 Å². The highest BCUT2D eigenvalue weighted by Crippen LogP contribution is 2.50. The van der Waals surface area contributed by atoms with Crippen molar-refractivity contribution in [2.45, 2.75) is 42.1 Å². The molecule has 5 amide bonds. The average molecular weight is 619 g/mol. The van der Waals surface area contributed by atoms with Crippen molar-refractivity contribution in [2.24, 2.45) is 0 Å². The lowest BCUT2D eigenvalue weighted by atomic mass is 9.95. The van der Waals surface area contributed by atoms with Gasteiger partial charge in [0, 0.05) is 17.4 Å². The number of nitrogens with one attached hydrogen (secondary N) is 2. The summed E-state index contributed by atoms with van der Waals surface area (Å²) >= 11 is 1.24. The van der Waals surface area contributed by atoms with Crippen molar-refractivity contribution in [3.63, 3.8) is 0 Å². The number of aromatic hydroxyl groups is 2. The van der Waals surface area contributed by atoms with Crippen LogP contribution < -0.4 is 10.6 Å². The number of hydrogen-bond acceptors (Lipinski definition) is 8. The number of hydrogen-bond donors (Lipinski definition) is 5. The lowest BCUT2D eigenvalue weighted by Gasteiger charge is -2.44. The van der Waals surface area contributed by atoms with Gasteiger partial charge >= 0.3 is 12.0 Å². The summed E-state index contributed by atoms with van der Waals surface area (Å²) in [5.74, 6) is -4.25. The van der Waals surface area contributed by atoms with E-state index in [1.165, 1.54) is 29.8 Å². The quantitative estimate of drug-likeness (QED) is 0.197. The molecule has 5 rings (SSSR count). The molecule has 0 aromatic heterocycles. The van der Waals surface area contributed by atoms with E-state index in [0.29, 0.717) is 0 Å². The zero-order valence-electron chi connectivity index (χ0n) is 23.9. The zero-order chi connectivity index (χ0) is 31.9. The Kier molecular flexibility index (Phi) is 8.00. The molecule has 44 heavy (non-hydrogen) atoms. The highest BCUT2D eigenvalue weighted by Gasteiger charge is 2.64. The maximum Gasteiger partial charge on any atom is 0.327 e. The van der Waals surface area contributed by atoms with Crippen LogP contribution in [-0.2, 0) is 14.4 Å². The Hall–Kier alpha value is -5.04. The van der Waals surface area contributed by atoms with Crippen LogP contribution in [0.15, 0.2) is 72.8 Å². The number of thioether (sulfide) groups is 1. The van der Waals surface area contributed by atoms with E-state index in [1.54, 1.807) is 38.1 Å². The molecule has 3 aromatic rings. The van der Waals surface area contributed by atoms with Crippen LogP contribution >= 0.6 is 11.8 Å². The standard InChI is InChI=1S/C31H30N4O8S/c1-31(2)24(29(41)42)35-27(40)23(28(35)44-31)32-25(38)22(19-13-14-20(36)21(37)15-19)33-30(43)34(3)26(39)18-11-9-17(10-12-18)16-7-5-4-6-8-16/h4-15,22-24,28,36-37H,1-3H3,(H,32,38)(H,33,43)(H,41,42)/t22-,23-,24+,28-/m1/s1. The third-order valence-electron chi connectivity index (χ3n) is 7.68. The fourth-order valence-electron chi connectivity index (χ4n) is 5.34. The number of aliphatic carboxylic acids is 1. The molecule has 2 heterocycles. The molecule has 4 atom stereocenters. The number of nitrogens with zero attached hydrogens (tertiary/aromatic N) is 2.